The van der Waals surface area contributed by atoms with Crippen molar-refractivity contribution in [3.63, 3.8) is 0 Å². The third-order valence-corrected chi connectivity index (χ3v) is 1.15. The average molecular weight is 199 g/mol. The Hall–Kier alpha value is -1.47. The molecule has 0 saturated carbocycles. The van der Waals surface area contributed by atoms with Crippen LogP contribution < -0.4 is 0 Å². The molecule has 0 N–H and O–H groups in total. The molecule has 1 aliphatic rings. The Morgan fingerprint density at radius 1 is 1.54 bits per heavy atom. The van der Waals surface area contributed by atoms with E-state index in [1.54, 1.807) is 0 Å². The number of hydrogen-bond acceptors (Lipinski definition) is 4. The number of nitrogens with zero attached hydrogens (tertiary/aromatic N) is 1. The number of ether oxygens (including phenoxy) is 1. The number of alkyl halides is 3. The number of hydroxylamine groups is 2. The van der Waals surface area contributed by atoms with E-state index in [0.29, 0.717) is 0 Å². The molecule has 13 heavy (non-hydrogen) atoms. The van der Waals surface area contributed by atoms with Crippen molar-refractivity contribution in [1.82, 2.24) is 5.06 Å². The lowest BCUT2D eigenvalue weighted by molar-refractivity contribution is -0.226. The fourth-order valence-electron chi connectivity index (χ4n) is 0.614. The fourth-order valence-corrected chi connectivity index (χ4v) is 0.614. The van der Waals surface area contributed by atoms with Crippen LogP contribution in [0.5, 0.6) is 0 Å². The summed E-state index contributed by atoms with van der Waals surface area (Å²) < 4.78 is 39.0. The number of cyclic esters (lactones) is 1. The molecule has 1 saturated heterocycles. The average Bonchev–Trinajstić information content (AvgIpc) is 2.34. The van der Waals surface area contributed by atoms with Gasteiger partial charge in [0.25, 0.3) is 0 Å². The Morgan fingerprint density at radius 2 is 2.15 bits per heavy atom. The molecule has 0 bridgehead atoms. The quantitative estimate of drug-likeness (QED) is 0.615. The Labute approximate surface area is 70.0 Å². The zero-order valence-electron chi connectivity index (χ0n) is 6.13. The highest BCUT2D eigenvalue weighted by molar-refractivity contribution is 5.78. The topological polar surface area (TPSA) is 55.8 Å². The molecule has 0 radical (unpaired) electrons. The third kappa shape index (κ3) is 2.23. The van der Waals surface area contributed by atoms with E-state index in [2.05, 4.69) is 9.57 Å². The highest BCUT2D eigenvalue weighted by Crippen LogP contribution is 2.18. The Bertz CT molecular complexity index is 238. The van der Waals surface area contributed by atoms with E-state index in [1.807, 2.05) is 0 Å². The number of halogens is 3. The van der Waals surface area contributed by atoms with Gasteiger partial charge in [0.05, 0.1) is 6.54 Å². The zero-order valence-corrected chi connectivity index (χ0v) is 6.13. The largest absolute Gasteiger partial charge is 0.493 e. The number of amides is 1. The number of rotatable bonds is 1. The molecule has 0 aromatic heterocycles. The van der Waals surface area contributed by atoms with Gasteiger partial charge in [-0.3, -0.25) is 0 Å². The number of carbonyl (C=O) groups is 2. The number of carbonyl (C=O) groups excluding carboxylic acids is 2. The molecule has 1 amide bonds. The van der Waals surface area contributed by atoms with Crippen LogP contribution in [-0.4, -0.2) is 36.5 Å². The smallest absolute Gasteiger partial charge is 0.445 e. The van der Waals surface area contributed by atoms with E-state index >= 15 is 0 Å². The summed E-state index contributed by atoms with van der Waals surface area (Å²) in [4.78, 5) is 24.3. The first-order chi connectivity index (χ1) is 5.91. The van der Waals surface area contributed by atoms with Gasteiger partial charge in [-0.2, -0.15) is 13.2 Å². The predicted octanol–water partition coefficient (Wildman–Crippen LogP) is 0.459. The molecule has 8 heteroatoms. The molecule has 1 fully saturated rings. The molecule has 0 aromatic rings. The van der Waals surface area contributed by atoms with Crippen molar-refractivity contribution in [3.05, 3.63) is 0 Å². The van der Waals surface area contributed by atoms with E-state index < -0.39 is 18.2 Å². The number of hydrogen-bond donors (Lipinski definition) is 0. The first kappa shape index (κ1) is 9.62. The first-order valence-electron chi connectivity index (χ1n) is 3.14. The third-order valence-electron chi connectivity index (χ3n) is 1.15. The lowest BCUT2D eigenvalue weighted by Crippen LogP contribution is -2.35. The summed E-state index contributed by atoms with van der Waals surface area (Å²) in [7, 11) is 0. The van der Waals surface area contributed by atoms with Crippen molar-refractivity contribution in [2.45, 2.75) is 6.18 Å². The van der Waals surface area contributed by atoms with E-state index in [4.69, 9.17) is 0 Å². The minimum Gasteiger partial charge on any atom is -0.445 e. The minimum atomic E-state index is -5.11. The van der Waals surface area contributed by atoms with Crippen LogP contribution >= 0.6 is 0 Å². The van der Waals surface area contributed by atoms with Crippen LogP contribution in [0.15, 0.2) is 0 Å². The standard InChI is InChI=1S/C5H4F3NO4/c6-5(7,8)3(10)13-9-1-2-12-4(9)11/h1-2H2. The van der Waals surface area contributed by atoms with Crippen molar-refractivity contribution in [2.24, 2.45) is 0 Å². The van der Waals surface area contributed by atoms with Crippen LogP contribution in [0.1, 0.15) is 0 Å². The minimum absolute atomic E-state index is 0.0933. The molecule has 1 rings (SSSR count). The Morgan fingerprint density at radius 3 is 2.54 bits per heavy atom. The summed E-state index contributed by atoms with van der Waals surface area (Å²) in [6.45, 7) is -0.287. The molecule has 0 spiro atoms. The highest BCUT2D eigenvalue weighted by Gasteiger charge is 2.44. The molecular weight excluding hydrogens is 195 g/mol. The van der Waals surface area contributed by atoms with Gasteiger partial charge in [-0.15, -0.1) is 5.06 Å². The van der Waals surface area contributed by atoms with Gasteiger partial charge in [0.15, 0.2) is 0 Å². The Balaban J connectivity index is 2.49. The van der Waals surface area contributed by atoms with Crippen LogP contribution in [0.25, 0.3) is 0 Å². The SMILES string of the molecule is O=C1OCCN1OC(=O)C(F)(F)F. The van der Waals surface area contributed by atoms with E-state index in [0.717, 1.165) is 0 Å². The molecule has 1 heterocycles. The van der Waals surface area contributed by atoms with Crippen LogP contribution in [-0.2, 0) is 14.4 Å². The molecule has 0 atom stereocenters. The molecule has 5 nitrogen and oxygen atoms in total. The van der Waals surface area contributed by atoms with Gasteiger partial charge in [-0.25, -0.2) is 9.59 Å². The molecule has 0 aromatic carbocycles. The molecule has 0 unspecified atom stereocenters. The normalized spacial score (nSPS) is 17.2. The lowest BCUT2D eigenvalue weighted by Gasteiger charge is -2.12. The van der Waals surface area contributed by atoms with Gasteiger partial charge in [-0.05, 0) is 0 Å². The zero-order chi connectivity index (χ0) is 10.1. The van der Waals surface area contributed by atoms with Gasteiger partial charge >= 0.3 is 18.2 Å². The van der Waals surface area contributed by atoms with Gasteiger partial charge < -0.3 is 9.57 Å². The van der Waals surface area contributed by atoms with Crippen LogP contribution in [0.2, 0.25) is 0 Å². The second-order valence-corrected chi connectivity index (χ2v) is 2.09. The maximum atomic E-state index is 11.6. The van der Waals surface area contributed by atoms with Gasteiger partial charge in [0.2, 0.25) is 0 Å². The summed E-state index contributed by atoms with van der Waals surface area (Å²) in [5, 5.41) is 0.218. The summed E-state index contributed by atoms with van der Waals surface area (Å²) in [5.74, 6) is -2.44. The monoisotopic (exact) mass is 199 g/mol. The molecule has 1 aliphatic heterocycles. The van der Waals surface area contributed by atoms with Crippen molar-refractivity contribution < 1.29 is 32.3 Å². The van der Waals surface area contributed by atoms with E-state index in [1.165, 1.54) is 0 Å². The van der Waals surface area contributed by atoms with Gasteiger partial charge in [0.1, 0.15) is 6.61 Å². The van der Waals surface area contributed by atoms with Crippen LogP contribution in [0.4, 0.5) is 18.0 Å². The van der Waals surface area contributed by atoms with Crippen LogP contribution in [0.3, 0.4) is 0 Å². The predicted molar refractivity (Wildman–Crippen MR) is 30.2 cm³/mol. The lowest BCUT2D eigenvalue weighted by atomic mass is 10.7. The summed E-state index contributed by atoms with van der Waals surface area (Å²) >= 11 is 0. The van der Waals surface area contributed by atoms with E-state index in [-0.39, 0.29) is 18.2 Å². The molecular formula is C5H4F3NO4. The van der Waals surface area contributed by atoms with E-state index in [9.17, 15) is 22.8 Å². The van der Waals surface area contributed by atoms with Crippen molar-refractivity contribution in [3.8, 4) is 0 Å². The summed E-state index contributed by atoms with van der Waals surface area (Å²) in [5.41, 5.74) is 0. The Kier molecular flexibility index (Phi) is 2.30. The fraction of sp³-hybridized carbons (Fsp3) is 0.600. The first-order valence-corrected chi connectivity index (χ1v) is 3.14. The van der Waals surface area contributed by atoms with Gasteiger partial charge in [0, 0.05) is 0 Å². The van der Waals surface area contributed by atoms with Crippen molar-refractivity contribution >= 4 is 12.1 Å². The molecule has 0 aliphatic carbocycles. The van der Waals surface area contributed by atoms with Crippen molar-refractivity contribution in [2.75, 3.05) is 13.2 Å². The van der Waals surface area contributed by atoms with Crippen molar-refractivity contribution in [1.29, 1.82) is 0 Å². The second kappa shape index (κ2) is 3.11. The maximum Gasteiger partial charge on any atom is 0.493 e. The molecule has 74 valence electrons. The highest BCUT2D eigenvalue weighted by atomic mass is 19.4. The second-order valence-electron chi connectivity index (χ2n) is 2.09. The maximum absolute atomic E-state index is 11.6. The summed E-state index contributed by atoms with van der Waals surface area (Å²) in [6, 6.07) is 0. The van der Waals surface area contributed by atoms with Gasteiger partial charge in [-0.1, -0.05) is 0 Å². The summed E-state index contributed by atoms with van der Waals surface area (Å²) in [6.07, 6.45) is -6.21. The van der Waals surface area contributed by atoms with Crippen LogP contribution in [0, 0.1) is 0 Å².